The summed E-state index contributed by atoms with van der Waals surface area (Å²) in [7, 11) is 0.0369. The molecule has 0 bridgehead atoms. The van der Waals surface area contributed by atoms with Gasteiger partial charge in [0, 0.05) is 6.20 Å². The van der Waals surface area contributed by atoms with Crippen LogP contribution in [-0.4, -0.2) is 16.3 Å². The zero-order valence-electron chi connectivity index (χ0n) is 14.7. The maximum absolute atomic E-state index is 4.57. The van der Waals surface area contributed by atoms with Gasteiger partial charge >= 0.3 is 0 Å². The first kappa shape index (κ1) is 17.2. The molecule has 2 heteroatoms. The molecule has 1 aromatic rings. The van der Waals surface area contributed by atoms with Crippen molar-refractivity contribution in [3.05, 3.63) is 35.4 Å². The van der Waals surface area contributed by atoms with Gasteiger partial charge in [-0.05, 0) is 66.9 Å². The first-order valence-corrected chi connectivity index (χ1v) is 11.3. The van der Waals surface area contributed by atoms with E-state index in [0.717, 1.165) is 11.3 Å². The molecule has 0 saturated heterocycles. The predicted molar refractivity (Wildman–Crippen MR) is 103 cm³/mol. The molecule has 1 aromatic heterocycles. The van der Waals surface area contributed by atoms with Crippen molar-refractivity contribution in [1.29, 1.82) is 0 Å². The topological polar surface area (TPSA) is 12.9 Å². The molecular formula is C21H32NP. The fourth-order valence-corrected chi connectivity index (χ4v) is 8.50. The van der Waals surface area contributed by atoms with Gasteiger partial charge in [-0.1, -0.05) is 59.4 Å². The van der Waals surface area contributed by atoms with Gasteiger partial charge in [-0.15, -0.1) is 0 Å². The van der Waals surface area contributed by atoms with E-state index in [1.165, 1.54) is 76.3 Å². The van der Waals surface area contributed by atoms with E-state index in [1.807, 2.05) is 12.3 Å². The van der Waals surface area contributed by atoms with Gasteiger partial charge in [-0.3, -0.25) is 4.98 Å². The molecule has 2 aliphatic carbocycles. The lowest BCUT2D eigenvalue weighted by atomic mass is 9.99. The number of nitrogens with zero attached hydrogens (tertiary/aromatic N) is 1. The van der Waals surface area contributed by atoms with E-state index in [9.17, 15) is 0 Å². The highest BCUT2D eigenvalue weighted by atomic mass is 31.1. The molecule has 0 radical (unpaired) electrons. The summed E-state index contributed by atoms with van der Waals surface area (Å²) in [4.78, 5) is 4.57. The van der Waals surface area contributed by atoms with Gasteiger partial charge in [0.25, 0.3) is 0 Å². The van der Waals surface area contributed by atoms with Crippen molar-refractivity contribution in [3.63, 3.8) is 0 Å². The standard InChI is InChI=1S/C21H32NP/c1-2-19(17-18-11-9-10-16-22-18)23(20-12-5-3-6-13-20)21-14-7-4-8-15-21/h9-11,16-17,20-21H,2-8,12-15H2,1H3/b19-17+. The van der Waals surface area contributed by atoms with Crippen LogP contribution in [0.25, 0.3) is 6.08 Å². The maximum Gasteiger partial charge on any atom is 0.0632 e. The monoisotopic (exact) mass is 329 g/mol. The smallest absolute Gasteiger partial charge is 0.0632 e. The molecule has 1 heterocycles. The first-order valence-electron chi connectivity index (χ1n) is 9.78. The van der Waals surface area contributed by atoms with E-state index in [2.05, 4.69) is 30.1 Å². The van der Waals surface area contributed by atoms with E-state index >= 15 is 0 Å². The van der Waals surface area contributed by atoms with Crippen molar-refractivity contribution < 1.29 is 0 Å². The number of pyridine rings is 1. The van der Waals surface area contributed by atoms with Gasteiger partial charge in [0.15, 0.2) is 0 Å². The highest BCUT2D eigenvalue weighted by Gasteiger charge is 2.32. The molecule has 0 unspecified atom stereocenters. The van der Waals surface area contributed by atoms with Gasteiger partial charge in [-0.25, -0.2) is 0 Å². The molecule has 0 amide bonds. The van der Waals surface area contributed by atoms with Crippen LogP contribution in [-0.2, 0) is 0 Å². The molecule has 126 valence electrons. The van der Waals surface area contributed by atoms with Crippen LogP contribution in [0.1, 0.15) is 83.2 Å². The summed E-state index contributed by atoms with van der Waals surface area (Å²) in [6, 6.07) is 6.31. The number of hydrogen-bond donors (Lipinski definition) is 0. The van der Waals surface area contributed by atoms with Crippen molar-refractivity contribution in [2.24, 2.45) is 0 Å². The highest BCUT2D eigenvalue weighted by Crippen LogP contribution is 2.62. The van der Waals surface area contributed by atoms with Crippen LogP contribution in [0.15, 0.2) is 29.7 Å². The zero-order chi connectivity index (χ0) is 15.9. The van der Waals surface area contributed by atoms with E-state index in [4.69, 9.17) is 0 Å². The SMILES string of the molecule is CC/C(=C\c1ccccn1)P(C1CCCCC1)C1CCCCC1. The third-order valence-corrected chi connectivity index (χ3v) is 9.35. The van der Waals surface area contributed by atoms with Gasteiger partial charge < -0.3 is 0 Å². The second-order valence-corrected chi connectivity index (χ2v) is 10.1. The minimum Gasteiger partial charge on any atom is -0.257 e. The van der Waals surface area contributed by atoms with Crippen LogP contribution in [0.5, 0.6) is 0 Å². The molecule has 0 atom stereocenters. The summed E-state index contributed by atoms with van der Waals surface area (Å²) in [5.74, 6) is 0. The first-order chi connectivity index (χ1) is 11.4. The lowest BCUT2D eigenvalue weighted by molar-refractivity contribution is 0.485. The predicted octanol–water partition coefficient (Wildman–Crippen LogP) is 6.98. The highest BCUT2D eigenvalue weighted by molar-refractivity contribution is 7.63. The summed E-state index contributed by atoms with van der Waals surface area (Å²) >= 11 is 0. The second-order valence-electron chi connectivity index (χ2n) is 7.23. The molecule has 23 heavy (non-hydrogen) atoms. The van der Waals surface area contributed by atoms with Crippen molar-refractivity contribution in [2.75, 3.05) is 0 Å². The van der Waals surface area contributed by atoms with Crippen molar-refractivity contribution >= 4 is 14.0 Å². The Balaban J connectivity index is 1.86. The number of aromatic nitrogens is 1. The Bertz CT molecular complexity index is 466. The maximum atomic E-state index is 4.57. The van der Waals surface area contributed by atoms with Crippen LogP contribution in [0.3, 0.4) is 0 Å². The van der Waals surface area contributed by atoms with Crippen molar-refractivity contribution in [3.8, 4) is 0 Å². The third kappa shape index (κ3) is 4.66. The molecule has 0 N–H and O–H groups in total. The third-order valence-electron chi connectivity index (χ3n) is 5.63. The summed E-state index contributed by atoms with van der Waals surface area (Å²) < 4.78 is 0. The number of hydrogen-bond acceptors (Lipinski definition) is 1. The van der Waals surface area contributed by atoms with Crippen molar-refractivity contribution in [2.45, 2.75) is 88.9 Å². The average Bonchev–Trinajstić information content (AvgIpc) is 2.64. The van der Waals surface area contributed by atoms with Gasteiger partial charge in [0.2, 0.25) is 0 Å². The van der Waals surface area contributed by atoms with Gasteiger partial charge in [0.05, 0.1) is 5.69 Å². The van der Waals surface area contributed by atoms with Gasteiger partial charge in [-0.2, -0.15) is 0 Å². The molecule has 0 spiro atoms. The molecule has 2 aliphatic rings. The summed E-state index contributed by atoms with van der Waals surface area (Å²) in [5, 5.41) is 1.75. The Morgan fingerprint density at radius 2 is 1.61 bits per heavy atom. The van der Waals surface area contributed by atoms with E-state index < -0.39 is 0 Å². The zero-order valence-corrected chi connectivity index (χ0v) is 15.6. The van der Waals surface area contributed by atoms with Crippen LogP contribution in [0, 0.1) is 0 Å². The molecule has 2 saturated carbocycles. The molecular weight excluding hydrogens is 297 g/mol. The molecule has 1 nitrogen and oxygen atoms in total. The Morgan fingerprint density at radius 1 is 1.00 bits per heavy atom. The van der Waals surface area contributed by atoms with Crippen LogP contribution in [0.4, 0.5) is 0 Å². The molecule has 0 aromatic carbocycles. The second kappa shape index (κ2) is 8.97. The normalized spacial score (nSPS) is 21.7. The summed E-state index contributed by atoms with van der Waals surface area (Å²) in [6.07, 6.45) is 20.4. The fraction of sp³-hybridized carbons (Fsp3) is 0.667. The van der Waals surface area contributed by atoms with E-state index in [0.29, 0.717) is 0 Å². The fourth-order valence-electron chi connectivity index (χ4n) is 4.48. The Kier molecular flexibility index (Phi) is 6.69. The average molecular weight is 329 g/mol. The molecule has 0 aliphatic heterocycles. The number of allylic oxidation sites excluding steroid dienone is 1. The van der Waals surface area contributed by atoms with E-state index in [1.54, 1.807) is 5.31 Å². The largest absolute Gasteiger partial charge is 0.257 e. The minimum absolute atomic E-state index is 0.0369. The Hall–Kier alpha value is -0.680. The summed E-state index contributed by atoms with van der Waals surface area (Å²) in [5.41, 5.74) is 3.16. The van der Waals surface area contributed by atoms with E-state index in [-0.39, 0.29) is 7.92 Å². The molecule has 2 fully saturated rings. The molecule has 3 rings (SSSR count). The van der Waals surface area contributed by atoms with Crippen LogP contribution < -0.4 is 0 Å². The van der Waals surface area contributed by atoms with Crippen molar-refractivity contribution in [1.82, 2.24) is 4.98 Å². The minimum atomic E-state index is 0.0369. The van der Waals surface area contributed by atoms with Crippen LogP contribution >= 0.6 is 7.92 Å². The quantitative estimate of drug-likeness (QED) is 0.531. The summed E-state index contributed by atoms with van der Waals surface area (Å²) in [6.45, 7) is 2.37. The van der Waals surface area contributed by atoms with Crippen LogP contribution in [0.2, 0.25) is 0 Å². The lowest BCUT2D eigenvalue weighted by Gasteiger charge is -2.40. The number of rotatable bonds is 5. The Morgan fingerprint density at radius 3 is 2.09 bits per heavy atom. The Labute approximate surface area is 143 Å². The lowest BCUT2D eigenvalue weighted by Crippen LogP contribution is -2.21. The van der Waals surface area contributed by atoms with Gasteiger partial charge in [0.1, 0.15) is 0 Å².